The molecule has 1 amide bonds. The van der Waals surface area contributed by atoms with E-state index in [1.165, 1.54) is 18.4 Å². The van der Waals surface area contributed by atoms with E-state index < -0.39 is 0 Å². The van der Waals surface area contributed by atoms with Crippen LogP contribution in [0.2, 0.25) is 0 Å². The molecule has 0 radical (unpaired) electrons. The second kappa shape index (κ2) is 3.57. The minimum atomic E-state index is -0.218. The van der Waals surface area contributed by atoms with Crippen LogP contribution in [-0.2, 0) is 16.8 Å². The van der Waals surface area contributed by atoms with Gasteiger partial charge in [-0.3, -0.25) is 4.79 Å². The Kier molecular flexibility index (Phi) is 2.26. The number of likely N-dealkylation sites (N-methyl/N-ethyl adjacent to an activating group) is 1. The van der Waals surface area contributed by atoms with Gasteiger partial charge in [0.2, 0.25) is 5.91 Å². The number of anilines is 1. The molecule has 2 N–H and O–H groups in total. The topological polar surface area (TPSA) is 46.3 Å². The molecule has 1 aromatic carbocycles. The standard InChI is InChI=1S/C14H18N2O/c1-16-12(17)9-10-5-4-6-11(13(10)16)14(15)7-2-3-8-14/h4-6H,2-3,7-9,15H2,1H3. The summed E-state index contributed by atoms with van der Waals surface area (Å²) < 4.78 is 0. The number of carbonyl (C=O) groups excluding carboxylic acids is 1. The van der Waals surface area contributed by atoms with Gasteiger partial charge in [0.15, 0.2) is 0 Å². The summed E-state index contributed by atoms with van der Waals surface area (Å²) in [6.07, 6.45) is 4.97. The maximum absolute atomic E-state index is 11.8. The highest BCUT2D eigenvalue weighted by Crippen LogP contribution is 2.43. The Morgan fingerprint density at radius 1 is 1.29 bits per heavy atom. The third-order valence-electron chi connectivity index (χ3n) is 4.20. The Bertz CT molecular complexity index is 475. The lowest BCUT2D eigenvalue weighted by atomic mass is 9.87. The van der Waals surface area contributed by atoms with Crippen LogP contribution >= 0.6 is 0 Å². The quantitative estimate of drug-likeness (QED) is 0.801. The van der Waals surface area contributed by atoms with E-state index in [9.17, 15) is 4.79 Å². The van der Waals surface area contributed by atoms with Crippen molar-refractivity contribution in [1.29, 1.82) is 0 Å². The van der Waals surface area contributed by atoms with E-state index in [1.807, 2.05) is 19.2 Å². The second-order valence-corrected chi connectivity index (χ2v) is 5.31. The monoisotopic (exact) mass is 230 g/mol. The molecular formula is C14H18N2O. The number of rotatable bonds is 1. The first-order valence-corrected chi connectivity index (χ1v) is 6.30. The van der Waals surface area contributed by atoms with Crippen LogP contribution < -0.4 is 10.6 Å². The molecular weight excluding hydrogens is 212 g/mol. The van der Waals surface area contributed by atoms with E-state index >= 15 is 0 Å². The molecule has 1 fully saturated rings. The molecule has 1 aromatic rings. The summed E-state index contributed by atoms with van der Waals surface area (Å²) in [4.78, 5) is 13.6. The Balaban J connectivity index is 2.14. The van der Waals surface area contributed by atoms with E-state index in [0.29, 0.717) is 6.42 Å². The van der Waals surface area contributed by atoms with Crippen molar-refractivity contribution >= 4 is 11.6 Å². The lowest BCUT2D eigenvalue weighted by Crippen LogP contribution is -2.35. The number of nitrogens with zero attached hydrogens (tertiary/aromatic N) is 1. The highest BCUT2D eigenvalue weighted by Gasteiger charge is 2.37. The fourth-order valence-corrected chi connectivity index (χ4v) is 3.21. The molecule has 3 nitrogen and oxygen atoms in total. The summed E-state index contributed by atoms with van der Waals surface area (Å²) in [7, 11) is 1.86. The minimum Gasteiger partial charge on any atom is -0.321 e. The molecule has 2 aliphatic rings. The maximum atomic E-state index is 11.8. The van der Waals surface area contributed by atoms with Crippen molar-refractivity contribution in [2.24, 2.45) is 5.73 Å². The number of hydrogen-bond donors (Lipinski definition) is 1. The zero-order chi connectivity index (χ0) is 12.0. The number of fused-ring (bicyclic) bond motifs is 1. The smallest absolute Gasteiger partial charge is 0.231 e. The van der Waals surface area contributed by atoms with Crippen molar-refractivity contribution in [2.45, 2.75) is 37.6 Å². The van der Waals surface area contributed by atoms with Gasteiger partial charge in [-0.25, -0.2) is 0 Å². The normalized spacial score (nSPS) is 22.0. The first-order chi connectivity index (χ1) is 8.12. The summed E-state index contributed by atoms with van der Waals surface area (Å²) in [5, 5.41) is 0. The summed E-state index contributed by atoms with van der Waals surface area (Å²) in [6, 6.07) is 6.17. The first kappa shape index (κ1) is 10.8. The van der Waals surface area contributed by atoms with Crippen molar-refractivity contribution in [3.8, 4) is 0 Å². The molecule has 17 heavy (non-hydrogen) atoms. The number of para-hydroxylation sites is 1. The van der Waals surface area contributed by atoms with Crippen LogP contribution in [0.4, 0.5) is 5.69 Å². The Morgan fingerprint density at radius 3 is 2.71 bits per heavy atom. The molecule has 0 atom stereocenters. The lowest BCUT2D eigenvalue weighted by molar-refractivity contribution is -0.117. The number of nitrogens with two attached hydrogens (primary N) is 1. The molecule has 1 aliphatic carbocycles. The van der Waals surface area contributed by atoms with E-state index in [1.54, 1.807) is 4.90 Å². The van der Waals surface area contributed by atoms with Gasteiger partial charge < -0.3 is 10.6 Å². The Hall–Kier alpha value is -1.35. The molecule has 0 spiro atoms. The summed E-state index contributed by atoms with van der Waals surface area (Å²) >= 11 is 0. The van der Waals surface area contributed by atoms with Gasteiger partial charge in [0.05, 0.1) is 12.1 Å². The van der Waals surface area contributed by atoms with Crippen molar-refractivity contribution < 1.29 is 4.79 Å². The molecule has 3 heteroatoms. The van der Waals surface area contributed by atoms with E-state index in [0.717, 1.165) is 24.1 Å². The molecule has 90 valence electrons. The van der Waals surface area contributed by atoms with Gasteiger partial charge in [0, 0.05) is 12.6 Å². The summed E-state index contributed by atoms with van der Waals surface area (Å²) in [5.41, 5.74) is 9.67. The minimum absolute atomic E-state index is 0.175. The molecule has 1 saturated carbocycles. The van der Waals surface area contributed by atoms with Crippen LogP contribution in [0.25, 0.3) is 0 Å². The van der Waals surface area contributed by atoms with Gasteiger partial charge in [-0.2, -0.15) is 0 Å². The van der Waals surface area contributed by atoms with Crippen LogP contribution in [-0.4, -0.2) is 13.0 Å². The lowest BCUT2D eigenvalue weighted by Gasteiger charge is -2.28. The third-order valence-corrected chi connectivity index (χ3v) is 4.20. The number of carbonyl (C=O) groups is 1. The van der Waals surface area contributed by atoms with Gasteiger partial charge in [0.1, 0.15) is 0 Å². The van der Waals surface area contributed by atoms with Crippen LogP contribution in [0.15, 0.2) is 18.2 Å². The predicted octanol–water partition coefficient (Wildman–Crippen LogP) is 1.93. The molecule has 1 aliphatic heterocycles. The molecule has 0 saturated heterocycles. The second-order valence-electron chi connectivity index (χ2n) is 5.31. The van der Waals surface area contributed by atoms with E-state index in [4.69, 9.17) is 5.73 Å². The maximum Gasteiger partial charge on any atom is 0.231 e. The van der Waals surface area contributed by atoms with Crippen LogP contribution in [0, 0.1) is 0 Å². The molecule has 0 aromatic heterocycles. The third kappa shape index (κ3) is 1.49. The number of benzene rings is 1. The molecule has 1 heterocycles. The highest BCUT2D eigenvalue weighted by molar-refractivity contribution is 6.02. The largest absolute Gasteiger partial charge is 0.321 e. The van der Waals surface area contributed by atoms with Gasteiger partial charge >= 0.3 is 0 Å². The highest BCUT2D eigenvalue weighted by atomic mass is 16.2. The van der Waals surface area contributed by atoms with Gasteiger partial charge in [-0.15, -0.1) is 0 Å². The van der Waals surface area contributed by atoms with Crippen LogP contribution in [0.1, 0.15) is 36.8 Å². The summed E-state index contributed by atoms with van der Waals surface area (Å²) in [5.74, 6) is 0.175. The zero-order valence-corrected chi connectivity index (χ0v) is 10.2. The average molecular weight is 230 g/mol. The fraction of sp³-hybridized carbons (Fsp3) is 0.500. The van der Waals surface area contributed by atoms with Gasteiger partial charge in [-0.05, 0) is 24.0 Å². The predicted molar refractivity (Wildman–Crippen MR) is 67.9 cm³/mol. The average Bonchev–Trinajstić information content (AvgIpc) is 2.86. The zero-order valence-electron chi connectivity index (χ0n) is 10.2. The Morgan fingerprint density at radius 2 is 2.00 bits per heavy atom. The Labute approximate surface area is 102 Å². The van der Waals surface area contributed by atoms with Crippen LogP contribution in [0.3, 0.4) is 0 Å². The first-order valence-electron chi connectivity index (χ1n) is 6.30. The van der Waals surface area contributed by atoms with Crippen molar-refractivity contribution in [3.05, 3.63) is 29.3 Å². The molecule has 3 rings (SSSR count). The summed E-state index contributed by atoms with van der Waals surface area (Å²) in [6.45, 7) is 0. The van der Waals surface area contributed by atoms with E-state index in [-0.39, 0.29) is 11.4 Å². The van der Waals surface area contributed by atoms with Crippen molar-refractivity contribution in [1.82, 2.24) is 0 Å². The molecule has 0 unspecified atom stereocenters. The number of amides is 1. The molecule has 0 bridgehead atoms. The van der Waals surface area contributed by atoms with Gasteiger partial charge in [-0.1, -0.05) is 31.0 Å². The van der Waals surface area contributed by atoms with Crippen molar-refractivity contribution in [3.63, 3.8) is 0 Å². The van der Waals surface area contributed by atoms with Crippen molar-refractivity contribution in [2.75, 3.05) is 11.9 Å². The number of hydrogen-bond acceptors (Lipinski definition) is 2. The SMILES string of the molecule is CN1C(=O)Cc2cccc(C3(N)CCCC3)c21. The van der Waals surface area contributed by atoms with E-state index in [2.05, 4.69) is 6.07 Å². The van der Waals surface area contributed by atoms with Crippen LogP contribution in [0.5, 0.6) is 0 Å². The van der Waals surface area contributed by atoms with Gasteiger partial charge in [0.25, 0.3) is 0 Å². The fourth-order valence-electron chi connectivity index (χ4n) is 3.21.